The zero-order valence-corrected chi connectivity index (χ0v) is 13.4. The van der Waals surface area contributed by atoms with Gasteiger partial charge in [-0.3, -0.25) is 9.80 Å². The number of hydrogen-bond donors (Lipinski definition) is 1. The predicted molar refractivity (Wildman–Crippen MR) is 86.2 cm³/mol. The number of rotatable bonds is 5. The highest BCUT2D eigenvalue weighted by Gasteiger charge is 2.28. The second-order valence-corrected chi connectivity index (χ2v) is 7.43. The largest absolute Gasteiger partial charge is 0.315 e. The average Bonchev–Trinajstić information content (AvgIpc) is 3.11. The van der Waals surface area contributed by atoms with E-state index in [1.54, 1.807) is 0 Å². The van der Waals surface area contributed by atoms with Crippen LogP contribution in [-0.2, 0) is 13.1 Å². The summed E-state index contributed by atoms with van der Waals surface area (Å²) in [5.74, 6) is 0. The fraction of sp³-hybridized carbons (Fsp3) is 0.750. The van der Waals surface area contributed by atoms with E-state index in [0.29, 0.717) is 0 Å². The van der Waals surface area contributed by atoms with Gasteiger partial charge < -0.3 is 5.32 Å². The zero-order valence-electron chi connectivity index (χ0n) is 12.6. The first-order valence-corrected chi connectivity index (χ1v) is 8.85. The molecule has 20 heavy (non-hydrogen) atoms. The molecule has 3 heterocycles. The Morgan fingerprint density at radius 3 is 2.75 bits per heavy atom. The van der Waals surface area contributed by atoms with E-state index in [9.17, 15) is 0 Å². The van der Waals surface area contributed by atoms with Gasteiger partial charge in [0.05, 0.1) is 0 Å². The molecule has 0 aromatic carbocycles. The molecule has 1 unspecified atom stereocenters. The van der Waals surface area contributed by atoms with Crippen molar-refractivity contribution in [1.29, 1.82) is 0 Å². The van der Waals surface area contributed by atoms with Crippen LogP contribution in [0.5, 0.6) is 0 Å². The van der Waals surface area contributed by atoms with Crippen LogP contribution < -0.4 is 5.32 Å². The summed E-state index contributed by atoms with van der Waals surface area (Å²) < 4.78 is 0. The molecule has 2 aliphatic heterocycles. The third-order valence-corrected chi connectivity index (χ3v) is 5.67. The lowest BCUT2D eigenvalue weighted by Crippen LogP contribution is -2.40. The highest BCUT2D eigenvalue weighted by atomic mass is 32.1. The lowest BCUT2D eigenvalue weighted by Gasteiger charge is -2.32. The van der Waals surface area contributed by atoms with Gasteiger partial charge in [0.1, 0.15) is 0 Å². The second kappa shape index (κ2) is 7.03. The van der Waals surface area contributed by atoms with Crippen molar-refractivity contribution in [1.82, 2.24) is 15.1 Å². The van der Waals surface area contributed by atoms with Crippen LogP contribution >= 0.6 is 11.3 Å². The number of nitrogens with zero attached hydrogens (tertiary/aromatic N) is 2. The number of piperidine rings is 1. The number of thiophene rings is 1. The van der Waals surface area contributed by atoms with Crippen molar-refractivity contribution in [2.75, 3.05) is 33.2 Å². The van der Waals surface area contributed by atoms with Gasteiger partial charge in [-0.15, -0.1) is 11.3 Å². The first-order valence-electron chi connectivity index (χ1n) is 8.04. The van der Waals surface area contributed by atoms with Gasteiger partial charge in [-0.1, -0.05) is 6.42 Å². The van der Waals surface area contributed by atoms with Crippen LogP contribution in [0.15, 0.2) is 12.1 Å². The van der Waals surface area contributed by atoms with E-state index >= 15 is 0 Å². The molecule has 2 saturated heterocycles. The summed E-state index contributed by atoms with van der Waals surface area (Å²) in [6.07, 6.45) is 5.63. The van der Waals surface area contributed by atoms with Crippen LogP contribution in [0.3, 0.4) is 0 Å². The molecule has 1 aromatic rings. The van der Waals surface area contributed by atoms with Gasteiger partial charge in [-0.25, -0.2) is 0 Å². The van der Waals surface area contributed by atoms with E-state index in [0.717, 1.165) is 19.1 Å². The Hall–Kier alpha value is -0.420. The van der Waals surface area contributed by atoms with Crippen LogP contribution in [-0.4, -0.2) is 49.1 Å². The Labute approximate surface area is 127 Å². The van der Waals surface area contributed by atoms with Gasteiger partial charge in [0.2, 0.25) is 0 Å². The van der Waals surface area contributed by atoms with Crippen LogP contribution in [0.1, 0.15) is 35.4 Å². The van der Waals surface area contributed by atoms with E-state index in [4.69, 9.17) is 0 Å². The molecule has 0 amide bonds. The van der Waals surface area contributed by atoms with Crippen LogP contribution in [0.25, 0.3) is 0 Å². The van der Waals surface area contributed by atoms with E-state index in [2.05, 4.69) is 27.2 Å². The van der Waals surface area contributed by atoms with Crippen molar-refractivity contribution >= 4 is 11.3 Å². The molecular weight excluding hydrogens is 266 g/mol. The molecule has 0 aliphatic carbocycles. The molecule has 112 valence electrons. The first kappa shape index (κ1) is 14.5. The molecular formula is C16H27N3S. The third-order valence-electron chi connectivity index (χ3n) is 4.60. The quantitative estimate of drug-likeness (QED) is 0.900. The van der Waals surface area contributed by atoms with Gasteiger partial charge >= 0.3 is 0 Å². The molecule has 3 nitrogen and oxygen atoms in total. The maximum Gasteiger partial charge on any atom is 0.0328 e. The smallest absolute Gasteiger partial charge is 0.0328 e. The maximum atomic E-state index is 3.23. The molecule has 0 saturated carbocycles. The maximum absolute atomic E-state index is 3.23. The molecule has 0 radical (unpaired) electrons. The van der Waals surface area contributed by atoms with Crippen LogP contribution in [0.4, 0.5) is 0 Å². The van der Waals surface area contributed by atoms with E-state index < -0.39 is 0 Å². The minimum Gasteiger partial charge on any atom is -0.315 e. The fourth-order valence-corrected chi connectivity index (χ4v) is 4.61. The van der Waals surface area contributed by atoms with Gasteiger partial charge in [0.25, 0.3) is 0 Å². The van der Waals surface area contributed by atoms with Gasteiger partial charge in [0.15, 0.2) is 0 Å². The highest BCUT2D eigenvalue weighted by molar-refractivity contribution is 7.11. The predicted octanol–water partition coefficient (Wildman–Crippen LogP) is 2.53. The molecule has 2 fully saturated rings. The van der Waals surface area contributed by atoms with Gasteiger partial charge in [0, 0.05) is 42.0 Å². The zero-order chi connectivity index (χ0) is 13.8. The Morgan fingerprint density at radius 2 is 1.95 bits per heavy atom. The van der Waals surface area contributed by atoms with Crippen molar-refractivity contribution < 1.29 is 0 Å². The number of hydrogen-bond acceptors (Lipinski definition) is 4. The molecule has 1 atom stereocenters. The first-order chi connectivity index (χ1) is 9.85. The Bertz CT molecular complexity index is 412. The van der Waals surface area contributed by atoms with Crippen molar-refractivity contribution in [2.24, 2.45) is 0 Å². The van der Waals surface area contributed by atoms with Crippen LogP contribution in [0, 0.1) is 0 Å². The summed E-state index contributed by atoms with van der Waals surface area (Å²) in [6, 6.07) is 5.41. The molecule has 0 spiro atoms. The van der Waals surface area contributed by atoms with Gasteiger partial charge in [-0.05, 0) is 51.5 Å². The standard InChI is InChI=1S/C16H27N3S/c1-17-11-15-5-6-16(20-15)13-18-10-7-14(12-18)19-8-3-2-4-9-19/h5-6,14,17H,2-4,7-13H2,1H3. The van der Waals surface area contributed by atoms with E-state index in [-0.39, 0.29) is 0 Å². The SMILES string of the molecule is CNCc1ccc(CN2CCC(N3CCCCC3)C2)s1. The summed E-state index contributed by atoms with van der Waals surface area (Å²) in [4.78, 5) is 8.36. The Balaban J connectivity index is 1.49. The summed E-state index contributed by atoms with van der Waals surface area (Å²) in [5, 5.41) is 3.23. The fourth-order valence-electron chi connectivity index (χ4n) is 3.53. The van der Waals surface area contributed by atoms with E-state index in [1.807, 2.05) is 18.4 Å². The molecule has 0 bridgehead atoms. The number of nitrogens with one attached hydrogen (secondary N) is 1. The minimum atomic E-state index is 0.826. The summed E-state index contributed by atoms with van der Waals surface area (Å²) in [7, 11) is 2.02. The van der Waals surface area contributed by atoms with E-state index in [1.165, 1.54) is 61.6 Å². The van der Waals surface area contributed by atoms with Crippen molar-refractivity contribution in [3.8, 4) is 0 Å². The lowest BCUT2D eigenvalue weighted by atomic mass is 10.1. The number of likely N-dealkylation sites (tertiary alicyclic amines) is 2. The Morgan fingerprint density at radius 1 is 1.15 bits per heavy atom. The van der Waals surface area contributed by atoms with Crippen LogP contribution in [0.2, 0.25) is 0 Å². The monoisotopic (exact) mass is 293 g/mol. The second-order valence-electron chi connectivity index (χ2n) is 6.17. The van der Waals surface area contributed by atoms with Crippen molar-refractivity contribution in [3.63, 3.8) is 0 Å². The summed E-state index contributed by atoms with van der Waals surface area (Å²) in [6.45, 7) is 7.38. The summed E-state index contributed by atoms with van der Waals surface area (Å²) in [5.41, 5.74) is 0. The topological polar surface area (TPSA) is 18.5 Å². The van der Waals surface area contributed by atoms with Crippen molar-refractivity contribution in [3.05, 3.63) is 21.9 Å². The molecule has 2 aliphatic rings. The lowest BCUT2D eigenvalue weighted by molar-refractivity contribution is 0.161. The summed E-state index contributed by atoms with van der Waals surface area (Å²) >= 11 is 1.96. The highest BCUT2D eigenvalue weighted by Crippen LogP contribution is 2.24. The molecule has 3 rings (SSSR count). The molecule has 1 N–H and O–H groups in total. The average molecular weight is 293 g/mol. The van der Waals surface area contributed by atoms with Gasteiger partial charge in [-0.2, -0.15) is 0 Å². The normalized spacial score (nSPS) is 25.4. The van der Waals surface area contributed by atoms with Crippen molar-refractivity contribution in [2.45, 2.75) is 44.8 Å². The Kier molecular flexibility index (Phi) is 5.10. The molecule has 1 aromatic heterocycles. The third kappa shape index (κ3) is 3.61. The minimum absolute atomic E-state index is 0.826. The molecule has 4 heteroatoms.